The number of imidazole rings is 1. The molecule has 0 amide bonds. The molecule has 2 aromatic heterocycles. The Morgan fingerprint density at radius 2 is 2.04 bits per heavy atom. The van der Waals surface area contributed by atoms with Crippen molar-refractivity contribution in [3.8, 4) is 0 Å². The SMILES string of the molecule is C/C=C/Cn1c(=O)c2c(nc3n2[C@@H](C)C(C)=NN3CCOC)n(C)c1=O. The zero-order valence-corrected chi connectivity index (χ0v) is 15.8. The summed E-state index contributed by atoms with van der Waals surface area (Å²) in [6, 6.07) is -0.130. The number of methoxy groups -OCH3 is 1. The molecule has 1 aliphatic heterocycles. The molecule has 3 heterocycles. The summed E-state index contributed by atoms with van der Waals surface area (Å²) >= 11 is 0. The highest BCUT2D eigenvalue weighted by Gasteiger charge is 2.30. The summed E-state index contributed by atoms with van der Waals surface area (Å²) in [7, 11) is 3.25. The lowest BCUT2D eigenvalue weighted by atomic mass is 10.2. The van der Waals surface area contributed by atoms with E-state index in [0.29, 0.717) is 30.3 Å². The first kappa shape index (κ1) is 18.1. The fourth-order valence-corrected chi connectivity index (χ4v) is 3.08. The van der Waals surface area contributed by atoms with Gasteiger partial charge in [-0.15, -0.1) is 0 Å². The second-order valence-corrected chi connectivity index (χ2v) is 6.31. The maximum Gasteiger partial charge on any atom is 0.332 e. The fourth-order valence-electron chi connectivity index (χ4n) is 3.08. The van der Waals surface area contributed by atoms with E-state index in [1.165, 1.54) is 9.13 Å². The van der Waals surface area contributed by atoms with Crippen molar-refractivity contribution in [1.82, 2.24) is 18.7 Å². The molecule has 0 fully saturated rings. The Kier molecular flexibility index (Phi) is 4.82. The second-order valence-electron chi connectivity index (χ2n) is 6.31. The average Bonchev–Trinajstić information content (AvgIpc) is 3.03. The average molecular weight is 360 g/mol. The molecule has 0 N–H and O–H groups in total. The first-order chi connectivity index (χ1) is 12.4. The maximum absolute atomic E-state index is 13.1. The molecule has 0 spiro atoms. The Morgan fingerprint density at radius 1 is 1.31 bits per heavy atom. The van der Waals surface area contributed by atoms with E-state index in [9.17, 15) is 9.59 Å². The lowest BCUT2D eigenvalue weighted by Gasteiger charge is -2.28. The highest BCUT2D eigenvalue weighted by molar-refractivity contribution is 5.91. The third-order valence-electron chi connectivity index (χ3n) is 4.69. The largest absolute Gasteiger partial charge is 0.383 e. The Morgan fingerprint density at radius 3 is 2.69 bits per heavy atom. The molecule has 0 unspecified atom stereocenters. The number of aryl methyl sites for hydroxylation is 1. The van der Waals surface area contributed by atoms with Gasteiger partial charge in [0.05, 0.1) is 24.9 Å². The van der Waals surface area contributed by atoms with Gasteiger partial charge in [0, 0.05) is 20.7 Å². The Balaban J connectivity index is 2.32. The first-order valence-corrected chi connectivity index (χ1v) is 8.56. The molecule has 0 aliphatic carbocycles. The quantitative estimate of drug-likeness (QED) is 0.739. The number of fused-ring (bicyclic) bond motifs is 3. The highest BCUT2D eigenvalue weighted by Crippen LogP contribution is 2.29. The van der Waals surface area contributed by atoms with E-state index in [4.69, 9.17) is 4.74 Å². The third kappa shape index (κ3) is 2.68. The van der Waals surface area contributed by atoms with Crippen LogP contribution in [0.2, 0.25) is 0 Å². The minimum Gasteiger partial charge on any atom is -0.383 e. The summed E-state index contributed by atoms with van der Waals surface area (Å²) in [4.78, 5) is 30.3. The van der Waals surface area contributed by atoms with Gasteiger partial charge in [-0.25, -0.2) is 9.80 Å². The molecule has 0 radical (unpaired) electrons. The molecule has 140 valence electrons. The molecule has 0 aromatic carbocycles. The standard InChI is InChI=1S/C17H24N6O3/c1-6-7-8-21-15(24)13-14(20(4)17(21)25)18-16-22(9-10-26-5)19-11(2)12(3)23(13)16/h6-7,12H,8-10H2,1-5H3/b7-6+/t12-/m0/s1. The lowest BCUT2D eigenvalue weighted by Crippen LogP contribution is -2.40. The monoisotopic (exact) mass is 360 g/mol. The minimum absolute atomic E-state index is 0.130. The van der Waals surface area contributed by atoms with Crippen molar-refractivity contribution in [2.75, 3.05) is 25.3 Å². The van der Waals surface area contributed by atoms with Crippen LogP contribution in [0.1, 0.15) is 26.8 Å². The zero-order valence-electron chi connectivity index (χ0n) is 15.8. The van der Waals surface area contributed by atoms with Gasteiger partial charge in [-0.3, -0.25) is 18.5 Å². The number of hydrogen-bond donors (Lipinski definition) is 0. The van der Waals surface area contributed by atoms with Crippen molar-refractivity contribution in [2.24, 2.45) is 12.1 Å². The Bertz CT molecular complexity index is 1010. The molecule has 0 bridgehead atoms. The van der Waals surface area contributed by atoms with Crippen LogP contribution in [0.15, 0.2) is 26.8 Å². The predicted octanol–water partition coefficient (Wildman–Crippen LogP) is 0.876. The van der Waals surface area contributed by atoms with Crippen molar-refractivity contribution in [3.05, 3.63) is 33.0 Å². The van der Waals surface area contributed by atoms with Gasteiger partial charge in [-0.1, -0.05) is 12.2 Å². The number of allylic oxidation sites excluding steroid dienone is 2. The van der Waals surface area contributed by atoms with Gasteiger partial charge in [-0.05, 0) is 20.8 Å². The number of aromatic nitrogens is 4. The summed E-state index contributed by atoms with van der Waals surface area (Å²) in [5.74, 6) is 0.547. The van der Waals surface area contributed by atoms with Crippen LogP contribution in [0, 0.1) is 0 Å². The van der Waals surface area contributed by atoms with Crippen LogP contribution in [0.3, 0.4) is 0 Å². The van der Waals surface area contributed by atoms with Crippen molar-refractivity contribution in [1.29, 1.82) is 0 Å². The zero-order chi connectivity index (χ0) is 19.0. The van der Waals surface area contributed by atoms with E-state index in [-0.39, 0.29) is 23.8 Å². The van der Waals surface area contributed by atoms with Crippen LogP contribution in [0.25, 0.3) is 11.2 Å². The van der Waals surface area contributed by atoms with Crippen molar-refractivity contribution in [2.45, 2.75) is 33.4 Å². The predicted molar refractivity (Wildman–Crippen MR) is 101 cm³/mol. The van der Waals surface area contributed by atoms with Crippen LogP contribution in [0.4, 0.5) is 5.95 Å². The van der Waals surface area contributed by atoms with Gasteiger partial charge >= 0.3 is 5.69 Å². The van der Waals surface area contributed by atoms with E-state index in [2.05, 4.69) is 10.1 Å². The number of hydrogen-bond acceptors (Lipinski definition) is 6. The van der Waals surface area contributed by atoms with Gasteiger partial charge in [0.2, 0.25) is 5.95 Å². The van der Waals surface area contributed by atoms with Gasteiger partial charge in [-0.2, -0.15) is 10.1 Å². The molecule has 26 heavy (non-hydrogen) atoms. The molecule has 0 saturated carbocycles. The van der Waals surface area contributed by atoms with Crippen LogP contribution in [-0.2, 0) is 18.3 Å². The molecular formula is C17H24N6O3. The minimum atomic E-state index is -0.384. The molecule has 1 atom stereocenters. The maximum atomic E-state index is 13.1. The van der Waals surface area contributed by atoms with Crippen molar-refractivity contribution < 1.29 is 4.74 Å². The van der Waals surface area contributed by atoms with Gasteiger partial charge in [0.15, 0.2) is 11.2 Å². The first-order valence-electron chi connectivity index (χ1n) is 8.56. The van der Waals surface area contributed by atoms with Crippen LogP contribution in [0.5, 0.6) is 0 Å². The van der Waals surface area contributed by atoms with Gasteiger partial charge < -0.3 is 4.74 Å². The topological polar surface area (TPSA) is 86.7 Å². The van der Waals surface area contributed by atoms with E-state index < -0.39 is 0 Å². The molecule has 0 saturated heterocycles. The highest BCUT2D eigenvalue weighted by atomic mass is 16.5. The smallest absolute Gasteiger partial charge is 0.332 e. The van der Waals surface area contributed by atoms with E-state index in [1.54, 1.807) is 25.2 Å². The van der Waals surface area contributed by atoms with Crippen molar-refractivity contribution in [3.63, 3.8) is 0 Å². The van der Waals surface area contributed by atoms with Gasteiger partial charge in [0.25, 0.3) is 5.56 Å². The molecule has 2 aromatic rings. The number of rotatable bonds is 5. The Hall–Kier alpha value is -2.68. The van der Waals surface area contributed by atoms with E-state index in [1.807, 2.05) is 31.4 Å². The number of hydrazone groups is 1. The van der Waals surface area contributed by atoms with Crippen LogP contribution < -0.4 is 16.3 Å². The summed E-state index contributed by atoms with van der Waals surface area (Å²) in [6.07, 6.45) is 3.59. The fraction of sp³-hybridized carbons (Fsp3) is 0.529. The molecule has 9 heteroatoms. The summed E-state index contributed by atoms with van der Waals surface area (Å²) in [5, 5.41) is 6.29. The summed E-state index contributed by atoms with van der Waals surface area (Å²) in [6.45, 7) is 6.94. The van der Waals surface area contributed by atoms with Crippen LogP contribution in [-0.4, -0.2) is 44.7 Å². The lowest BCUT2D eigenvalue weighted by molar-refractivity contribution is 0.204. The molecule has 3 rings (SSSR count). The van der Waals surface area contributed by atoms with E-state index in [0.717, 1.165) is 5.71 Å². The number of anilines is 1. The molecule has 9 nitrogen and oxygen atoms in total. The van der Waals surface area contributed by atoms with E-state index >= 15 is 0 Å². The molecule has 1 aliphatic rings. The normalized spacial score (nSPS) is 17.2. The summed E-state index contributed by atoms with van der Waals surface area (Å²) < 4.78 is 9.66. The number of nitrogens with zero attached hydrogens (tertiary/aromatic N) is 6. The van der Waals surface area contributed by atoms with Gasteiger partial charge in [0.1, 0.15) is 0 Å². The third-order valence-corrected chi connectivity index (χ3v) is 4.69. The van der Waals surface area contributed by atoms with Crippen LogP contribution >= 0.6 is 0 Å². The number of ether oxygens (including phenoxy) is 1. The second kappa shape index (κ2) is 6.91. The Labute approximate surface area is 150 Å². The summed E-state index contributed by atoms with van der Waals surface area (Å²) in [5.41, 5.74) is 0.917. The molecular weight excluding hydrogens is 336 g/mol. The van der Waals surface area contributed by atoms with Crippen molar-refractivity contribution >= 4 is 22.8 Å².